The Hall–Kier alpha value is -2.74. The standard InChI is InChI=1S/C17H17N3O4S/c1-4-24-15-6-5-11(25(3,22)23)7-12(15)14-9-20(2)17(21)13-8-18-10-19-16(13)14/h5-10H,4H2,1-3H3. The molecule has 2 aromatic heterocycles. The Morgan fingerprint density at radius 1 is 1.24 bits per heavy atom. The number of aryl methyl sites for hydroxylation is 1. The van der Waals surface area contributed by atoms with Crippen molar-refractivity contribution in [2.45, 2.75) is 11.8 Å². The molecule has 0 aliphatic heterocycles. The number of nitrogens with zero attached hydrogens (tertiary/aromatic N) is 3. The normalized spacial score (nSPS) is 11.6. The van der Waals surface area contributed by atoms with Gasteiger partial charge in [0.25, 0.3) is 5.56 Å². The number of pyridine rings is 1. The third-order valence-corrected chi connectivity index (χ3v) is 4.92. The third kappa shape index (κ3) is 3.12. The minimum atomic E-state index is -3.39. The number of hydrogen-bond acceptors (Lipinski definition) is 6. The monoisotopic (exact) mass is 359 g/mol. The van der Waals surface area contributed by atoms with Gasteiger partial charge in [0, 0.05) is 36.8 Å². The van der Waals surface area contributed by atoms with E-state index >= 15 is 0 Å². The van der Waals surface area contributed by atoms with Crippen LogP contribution < -0.4 is 10.3 Å². The maximum atomic E-state index is 12.3. The first-order chi connectivity index (χ1) is 11.8. The van der Waals surface area contributed by atoms with Gasteiger partial charge < -0.3 is 9.30 Å². The topological polar surface area (TPSA) is 91.2 Å². The molecule has 0 atom stereocenters. The largest absolute Gasteiger partial charge is 0.493 e. The van der Waals surface area contributed by atoms with Crippen LogP contribution in [-0.4, -0.2) is 35.8 Å². The van der Waals surface area contributed by atoms with E-state index in [-0.39, 0.29) is 10.5 Å². The summed E-state index contributed by atoms with van der Waals surface area (Å²) in [5, 5.41) is 0.356. The van der Waals surface area contributed by atoms with Crippen LogP contribution in [0.2, 0.25) is 0 Å². The summed E-state index contributed by atoms with van der Waals surface area (Å²) in [6.45, 7) is 2.26. The van der Waals surface area contributed by atoms with Crippen molar-refractivity contribution in [1.82, 2.24) is 14.5 Å². The lowest BCUT2D eigenvalue weighted by Crippen LogP contribution is -2.17. The molecule has 3 rings (SSSR count). The first kappa shape index (κ1) is 17.1. The maximum Gasteiger partial charge on any atom is 0.261 e. The first-order valence-corrected chi connectivity index (χ1v) is 9.48. The number of ether oxygens (including phenoxy) is 1. The van der Waals surface area contributed by atoms with E-state index in [9.17, 15) is 13.2 Å². The molecule has 0 fully saturated rings. The molecule has 130 valence electrons. The van der Waals surface area contributed by atoms with Gasteiger partial charge in [-0.05, 0) is 25.1 Å². The lowest BCUT2D eigenvalue weighted by molar-refractivity contribution is 0.341. The molecule has 0 spiro atoms. The van der Waals surface area contributed by atoms with Crippen LogP contribution in [0.25, 0.3) is 22.0 Å². The van der Waals surface area contributed by atoms with E-state index < -0.39 is 9.84 Å². The summed E-state index contributed by atoms with van der Waals surface area (Å²) in [7, 11) is -1.77. The van der Waals surface area contributed by atoms with Crippen LogP contribution in [-0.2, 0) is 16.9 Å². The summed E-state index contributed by atoms with van der Waals surface area (Å²) in [6.07, 6.45) is 5.58. The fourth-order valence-electron chi connectivity index (χ4n) is 2.63. The molecule has 0 saturated carbocycles. The third-order valence-electron chi connectivity index (χ3n) is 3.81. The van der Waals surface area contributed by atoms with E-state index in [1.807, 2.05) is 6.92 Å². The Morgan fingerprint density at radius 2 is 2.00 bits per heavy atom. The Morgan fingerprint density at radius 3 is 2.68 bits per heavy atom. The Labute approximate surface area is 144 Å². The molecule has 0 aliphatic rings. The highest BCUT2D eigenvalue weighted by molar-refractivity contribution is 7.90. The van der Waals surface area contributed by atoms with E-state index in [2.05, 4.69) is 9.97 Å². The lowest BCUT2D eigenvalue weighted by atomic mass is 10.0. The van der Waals surface area contributed by atoms with Gasteiger partial charge in [0.2, 0.25) is 0 Å². The number of sulfone groups is 1. The predicted octanol–water partition coefficient (Wildman–Crippen LogP) is 1.80. The minimum absolute atomic E-state index is 0.169. The van der Waals surface area contributed by atoms with Crippen molar-refractivity contribution in [3.63, 3.8) is 0 Å². The van der Waals surface area contributed by atoms with Gasteiger partial charge >= 0.3 is 0 Å². The van der Waals surface area contributed by atoms with Crippen molar-refractivity contribution >= 4 is 20.7 Å². The number of rotatable bonds is 4. The molecule has 0 unspecified atom stereocenters. The summed E-state index contributed by atoms with van der Waals surface area (Å²) in [6, 6.07) is 4.66. The van der Waals surface area contributed by atoms with E-state index in [0.717, 1.165) is 6.26 Å². The zero-order valence-electron chi connectivity index (χ0n) is 14.1. The van der Waals surface area contributed by atoms with Gasteiger partial charge in [-0.25, -0.2) is 18.4 Å². The van der Waals surface area contributed by atoms with Gasteiger partial charge in [0.05, 0.1) is 22.4 Å². The van der Waals surface area contributed by atoms with Crippen molar-refractivity contribution in [3.05, 3.63) is 47.3 Å². The highest BCUT2D eigenvalue weighted by atomic mass is 32.2. The SMILES string of the molecule is CCOc1ccc(S(C)(=O)=O)cc1-c1cn(C)c(=O)c2cncnc12. The van der Waals surface area contributed by atoms with E-state index in [0.29, 0.717) is 34.4 Å². The summed E-state index contributed by atoms with van der Waals surface area (Å²) in [5.74, 6) is 0.522. The first-order valence-electron chi connectivity index (χ1n) is 7.59. The van der Waals surface area contributed by atoms with Crippen LogP contribution in [0.4, 0.5) is 0 Å². The van der Waals surface area contributed by atoms with Crippen molar-refractivity contribution in [2.75, 3.05) is 12.9 Å². The van der Waals surface area contributed by atoms with Gasteiger partial charge in [0.1, 0.15) is 12.1 Å². The van der Waals surface area contributed by atoms with Crippen LogP contribution in [0.3, 0.4) is 0 Å². The van der Waals surface area contributed by atoms with Crippen molar-refractivity contribution < 1.29 is 13.2 Å². The Kier molecular flexibility index (Phi) is 4.30. The number of benzene rings is 1. The van der Waals surface area contributed by atoms with Gasteiger partial charge in [-0.2, -0.15) is 0 Å². The summed E-state index contributed by atoms with van der Waals surface area (Å²) in [5.41, 5.74) is 1.39. The van der Waals surface area contributed by atoms with Gasteiger partial charge in [0.15, 0.2) is 9.84 Å². The Balaban J connectivity index is 2.41. The molecule has 0 radical (unpaired) electrons. The molecule has 0 N–H and O–H groups in total. The predicted molar refractivity (Wildman–Crippen MR) is 94.5 cm³/mol. The molecule has 1 aromatic carbocycles. The van der Waals surface area contributed by atoms with Gasteiger partial charge in [-0.1, -0.05) is 0 Å². The van der Waals surface area contributed by atoms with E-state index in [4.69, 9.17) is 4.74 Å². The minimum Gasteiger partial charge on any atom is -0.493 e. The molecule has 2 heterocycles. The molecule has 25 heavy (non-hydrogen) atoms. The fraction of sp³-hybridized carbons (Fsp3) is 0.235. The molecule has 8 heteroatoms. The molecule has 0 aliphatic carbocycles. The van der Waals surface area contributed by atoms with Crippen LogP contribution in [0, 0.1) is 0 Å². The van der Waals surface area contributed by atoms with Gasteiger partial charge in [-0.15, -0.1) is 0 Å². The highest BCUT2D eigenvalue weighted by Gasteiger charge is 2.17. The molecular weight excluding hydrogens is 342 g/mol. The quantitative estimate of drug-likeness (QED) is 0.705. The number of aromatic nitrogens is 3. The molecule has 0 saturated heterocycles. The highest BCUT2D eigenvalue weighted by Crippen LogP contribution is 2.35. The molecule has 0 bridgehead atoms. The van der Waals surface area contributed by atoms with Crippen molar-refractivity contribution in [3.8, 4) is 16.9 Å². The number of hydrogen-bond donors (Lipinski definition) is 0. The van der Waals surface area contributed by atoms with Crippen LogP contribution >= 0.6 is 0 Å². The number of fused-ring (bicyclic) bond motifs is 1. The fourth-order valence-corrected chi connectivity index (χ4v) is 3.28. The summed E-state index contributed by atoms with van der Waals surface area (Å²) < 4.78 is 31.0. The molecular formula is C17H17N3O4S. The second-order valence-corrected chi connectivity index (χ2v) is 7.62. The van der Waals surface area contributed by atoms with Crippen molar-refractivity contribution in [1.29, 1.82) is 0 Å². The smallest absolute Gasteiger partial charge is 0.261 e. The average molecular weight is 359 g/mol. The van der Waals surface area contributed by atoms with E-state index in [1.54, 1.807) is 25.4 Å². The average Bonchev–Trinajstić information content (AvgIpc) is 2.58. The van der Waals surface area contributed by atoms with E-state index in [1.165, 1.54) is 23.2 Å². The van der Waals surface area contributed by atoms with Crippen LogP contribution in [0.1, 0.15) is 6.92 Å². The van der Waals surface area contributed by atoms with Crippen molar-refractivity contribution in [2.24, 2.45) is 7.05 Å². The molecule has 3 aromatic rings. The van der Waals surface area contributed by atoms with Gasteiger partial charge in [-0.3, -0.25) is 4.79 Å². The maximum absolute atomic E-state index is 12.3. The second-order valence-electron chi connectivity index (χ2n) is 5.61. The second kappa shape index (κ2) is 6.29. The zero-order chi connectivity index (χ0) is 18.2. The Bertz CT molecular complexity index is 1120. The summed E-state index contributed by atoms with van der Waals surface area (Å²) >= 11 is 0. The van der Waals surface area contributed by atoms with Crippen LogP contribution in [0.5, 0.6) is 5.75 Å². The van der Waals surface area contributed by atoms with Crippen LogP contribution in [0.15, 0.2) is 46.6 Å². The molecule has 0 amide bonds. The summed E-state index contributed by atoms with van der Waals surface area (Å²) in [4.78, 5) is 20.6. The zero-order valence-corrected chi connectivity index (χ0v) is 14.9. The molecule has 7 nitrogen and oxygen atoms in total. The lowest BCUT2D eigenvalue weighted by Gasteiger charge is -2.14.